The summed E-state index contributed by atoms with van der Waals surface area (Å²) in [6, 6.07) is 13.0. The first kappa shape index (κ1) is 17.7. The van der Waals surface area contributed by atoms with E-state index < -0.39 is 0 Å². The van der Waals surface area contributed by atoms with Gasteiger partial charge in [-0.2, -0.15) is 0 Å². The standard InChI is InChI=1S/C20H18N4O4/c1-13-7-8-15(27-13)11-21-16(25)9-10-24-12-22-18-17(14-5-3-2-4-6-14)23-28-19(18)20(24)26/h2-8,12H,9-11H2,1H3,(H,21,25). The molecule has 28 heavy (non-hydrogen) atoms. The van der Waals surface area contributed by atoms with E-state index in [4.69, 9.17) is 8.94 Å². The summed E-state index contributed by atoms with van der Waals surface area (Å²) in [5, 5.41) is 6.75. The van der Waals surface area contributed by atoms with Crippen LogP contribution in [0.3, 0.4) is 0 Å². The van der Waals surface area contributed by atoms with Gasteiger partial charge in [0.25, 0.3) is 11.1 Å². The molecule has 0 atom stereocenters. The van der Waals surface area contributed by atoms with Crippen LogP contribution in [0.1, 0.15) is 17.9 Å². The third kappa shape index (κ3) is 3.57. The number of nitrogens with one attached hydrogen (secondary N) is 1. The van der Waals surface area contributed by atoms with Crippen molar-refractivity contribution < 1.29 is 13.7 Å². The largest absolute Gasteiger partial charge is 0.465 e. The molecular weight excluding hydrogens is 360 g/mol. The Morgan fingerprint density at radius 3 is 2.75 bits per heavy atom. The number of rotatable bonds is 6. The van der Waals surface area contributed by atoms with E-state index >= 15 is 0 Å². The van der Waals surface area contributed by atoms with Crippen LogP contribution in [0.15, 0.2) is 62.5 Å². The number of furan rings is 1. The Labute approximate surface area is 159 Å². The van der Waals surface area contributed by atoms with E-state index in [-0.39, 0.29) is 30.0 Å². The first-order valence-electron chi connectivity index (χ1n) is 8.84. The number of nitrogens with zero attached hydrogens (tertiary/aromatic N) is 3. The molecule has 0 aliphatic heterocycles. The molecule has 0 unspecified atom stereocenters. The van der Waals surface area contributed by atoms with Crippen LogP contribution in [0, 0.1) is 6.92 Å². The minimum atomic E-state index is -0.367. The summed E-state index contributed by atoms with van der Waals surface area (Å²) in [4.78, 5) is 29.0. The fraction of sp³-hybridized carbons (Fsp3) is 0.200. The summed E-state index contributed by atoms with van der Waals surface area (Å²) < 4.78 is 12.0. The Morgan fingerprint density at radius 2 is 2.00 bits per heavy atom. The molecule has 0 aliphatic carbocycles. The van der Waals surface area contributed by atoms with Gasteiger partial charge in [0.2, 0.25) is 5.91 Å². The fourth-order valence-electron chi connectivity index (χ4n) is 2.88. The van der Waals surface area contributed by atoms with Crippen molar-refractivity contribution in [2.24, 2.45) is 0 Å². The van der Waals surface area contributed by atoms with Gasteiger partial charge in [-0.3, -0.25) is 14.2 Å². The Hall–Kier alpha value is -3.68. The second kappa shape index (κ2) is 7.51. The number of benzene rings is 1. The molecule has 0 bridgehead atoms. The van der Waals surface area contributed by atoms with E-state index in [9.17, 15) is 9.59 Å². The van der Waals surface area contributed by atoms with E-state index in [1.165, 1.54) is 10.9 Å². The van der Waals surface area contributed by atoms with Crippen LogP contribution in [-0.2, 0) is 17.9 Å². The SMILES string of the molecule is Cc1ccc(CNC(=O)CCn2cnc3c(-c4ccccc4)noc3c2=O)o1. The highest BCUT2D eigenvalue weighted by molar-refractivity contribution is 5.87. The Morgan fingerprint density at radius 1 is 1.18 bits per heavy atom. The van der Waals surface area contributed by atoms with Gasteiger partial charge in [-0.05, 0) is 19.1 Å². The van der Waals surface area contributed by atoms with Gasteiger partial charge >= 0.3 is 0 Å². The Bertz CT molecular complexity index is 1170. The third-order valence-electron chi connectivity index (χ3n) is 4.33. The lowest BCUT2D eigenvalue weighted by Crippen LogP contribution is -2.27. The average Bonchev–Trinajstić information content (AvgIpc) is 3.33. The van der Waals surface area contributed by atoms with Crippen molar-refractivity contribution in [3.63, 3.8) is 0 Å². The topological polar surface area (TPSA) is 103 Å². The van der Waals surface area contributed by atoms with Crippen LogP contribution < -0.4 is 10.9 Å². The van der Waals surface area contributed by atoms with Crippen LogP contribution in [0.2, 0.25) is 0 Å². The van der Waals surface area contributed by atoms with Gasteiger partial charge in [-0.1, -0.05) is 35.5 Å². The van der Waals surface area contributed by atoms with E-state index in [2.05, 4.69) is 15.5 Å². The van der Waals surface area contributed by atoms with E-state index in [0.717, 1.165) is 11.3 Å². The predicted molar refractivity (Wildman–Crippen MR) is 101 cm³/mol. The molecular formula is C20H18N4O4. The highest BCUT2D eigenvalue weighted by Crippen LogP contribution is 2.23. The van der Waals surface area contributed by atoms with Crippen molar-refractivity contribution in [2.75, 3.05) is 0 Å². The quantitative estimate of drug-likeness (QED) is 0.553. The molecule has 0 fully saturated rings. The monoisotopic (exact) mass is 378 g/mol. The number of amides is 1. The summed E-state index contributed by atoms with van der Waals surface area (Å²) in [5.41, 5.74) is 1.46. The number of hydrogen-bond donors (Lipinski definition) is 1. The lowest BCUT2D eigenvalue weighted by Gasteiger charge is -2.05. The van der Waals surface area contributed by atoms with Crippen molar-refractivity contribution in [1.82, 2.24) is 20.0 Å². The Kier molecular flexibility index (Phi) is 4.76. The molecule has 3 aromatic heterocycles. The summed E-state index contributed by atoms with van der Waals surface area (Å²) in [7, 11) is 0. The van der Waals surface area contributed by atoms with Gasteiger partial charge in [0.15, 0.2) is 0 Å². The molecule has 1 amide bonds. The maximum atomic E-state index is 12.6. The van der Waals surface area contributed by atoms with Gasteiger partial charge in [0.05, 0.1) is 12.9 Å². The smallest absolute Gasteiger partial charge is 0.299 e. The van der Waals surface area contributed by atoms with Crippen LogP contribution in [-0.4, -0.2) is 20.6 Å². The lowest BCUT2D eigenvalue weighted by atomic mass is 10.1. The number of aryl methyl sites for hydroxylation is 2. The van der Waals surface area contributed by atoms with Gasteiger partial charge in [-0.15, -0.1) is 0 Å². The number of fused-ring (bicyclic) bond motifs is 1. The van der Waals surface area contributed by atoms with Crippen LogP contribution in [0.5, 0.6) is 0 Å². The Balaban J connectivity index is 1.45. The van der Waals surface area contributed by atoms with Crippen LogP contribution in [0.25, 0.3) is 22.4 Å². The van der Waals surface area contributed by atoms with Crippen molar-refractivity contribution in [3.05, 3.63) is 70.7 Å². The molecule has 0 saturated heterocycles. The van der Waals surface area contributed by atoms with E-state index in [1.807, 2.05) is 49.4 Å². The third-order valence-corrected chi connectivity index (χ3v) is 4.33. The first-order valence-corrected chi connectivity index (χ1v) is 8.84. The van der Waals surface area contributed by atoms with Crippen LogP contribution >= 0.6 is 0 Å². The summed E-state index contributed by atoms with van der Waals surface area (Å²) in [6.07, 6.45) is 1.55. The van der Waals surface area contributed by atoms with E-state index in [1.54, 1.807) is 0 Å². The minimum Gasteiger partial charge on any atom is -0.465 e. The normalized spacial score (nSPS) is 11.0. The van der Waals surface area contributed by atoms with E-state index in [0.29, 0.717) is 23.5 Å². The molecule has 4 aromatic rings. The molecule has 0 aliphatic rings. The molecule has 3 heterocycles. The minimum absolute atomic E-state index is 0.0767. The van der Waals surface area contributed by atoms with Gasteiger partial charge < -0.3 is 14.3 Å². The first-order chi connectivity index (χ1) is 13.6. The molecule has 142 valence electrons. The summed E-state index contributed by atoms with van der Waals surface area (Å²) in [6.45, 7) is 2.33. The van der Waals surface area contributed by atoms with Gasteiger partial charge in [0, 0.05) is 18.5 Å². The highest BCUT2D eigenvalue weighted by Gasteiger charge is 2.16. The molecule has 0 spiro atoms. The maximum Gasteiger partial charge on any atom is 0.299 e. The predicted octanol–water partition coefficient (Wildman–Crippen LogP) is 2.66. The van der Waals surface area contributed by atoms with Gasteiger partial charge in [0.1, 0.15) is 22.7 Å². The summed E-state index contributed by atoms with van der Waals surface area (Å²) in [5.74, 6) is 1.28. The molecule has 0 radical (unpaired) electrons. The zero-order valence-electron chi connectivity index (χ0n) is 15.2. The average molecular weight is 378 g/mol. The molecule has 4 rings (SSSR count). The zero-order valence-corrected chi connectivity index (χ0v) is 15.2. The number of aromatic nitrogens is 3. The second-order valence-corrected chi connectivity index (χ2v) is 6.36. The number of hydrogen-bond acceptors (Lipinski definition) is 6. The lowest BCUT2D eigenvalue weighted by molar-refractivity contribution is -0.121. The maximum absolute atomic E-state index is 12.6. The molecule has 1 aromatic carbocycles. The van der Waals surface area contributed by atoms with Crippen molar-refractivity contribution in [2.45, 2.75) is 26.4 Å². The highest BCUT2D eigenvalue weighted by atomic mass is 16.5. The molecule has 0 saturated carbocycles. The van der Waals surface area contributed by atoms with Crippen molar-refractivity contribution >= 4 is 17.0 Å². The van der Waals surface area contributed by atoms with Crippen molar-refractivity contribution in [1.29, 1.82) is 0 Å². The summed E-state index contributed by atoms with van der Waals surface area (Å²) >= 11 is 0. The zero-order chi connectivity index (χ0) is 19.5. The van der Waals surface area contributed by atoms with Gasteiger partial charge in [-0.25, -0.2) is 4.98 Å². The number of carbonyl (C=O) groups excluding carboxylic acids is 1. The fourth-order valence-corrected chi connectivity index (χ4v) is 2.88. The number of carbonyl (C=O) groups is 1. The molecule has 8 nitrogen and oxygen atoms in total. The van der Waals surface area contributed by atoms with Crippen molar-refractivity contribution in [3.8, 4) is 11.3 Å². The molecule has 8 heteroatoms. The second-order valence-electron chi connectivity index (χ2n) is 6.36. The van der Waals surface area contributed by atoms with Crippen LogP contribution in [0.4, 0.5) is 0 Å². The molecule has 1 N–H and O–H groups in total.